The molecule has 2 nitrogen and oxygen atoms in total. The summed E-state index contributed by atoms with van der Waals surface area (Å²) >= 11 is 5.70. The van der Waals surface area contributed by atoms with Crippen LogP contribution in [0.1, 0.15) is 34.1 Å². The van der Waals surface area contributed by atoms with Crippen LogP contribution in [-0.4, -0.2) is 12.1 Å². The lowest BCUT2D eigenvalue weighted by molar-refractivity contribution is 0.0988. The molecule has 0 atom stereocenters. The highest BCUT2D eigenvalue weighted by Crippen LogP contribution is 2.16. The van der Waals surface area contributed by atoms with E-state index in [9.17, 15) is 9.59 Å². The summed E-state index contributed by atoms with van der Waals surface area (Å²) in [6.07, 6.45) is 1.08. The van der Waals surface area contributed by atoms with Crippen molar-refractivity contribution in [2.24, 2.45) is 0 Å². The van der Waals surface area contributed by atoms with Crippen molar-refractivity contribution in [2.45, 2.75) is 13.3 Å². The molecule has 0 aromatic heterocycles. The molecule has 0 amide bonds. The van der Waals surface area contributed by atoms with Crippen LogP contribution in [0.3, 0.4) is 0 Å². The monoisotopic (exact) mass is 196 g/mol. The number of aldehydes is 1. The Hall–Kier alpha value is -1.15. The van der Waals surface area contributed by atoms with Gasteiger partial charge < -0.3 is 0 Å². The Balaban J connectivity index is 3.13. The summed E-state index contributed by atoms with van der Waals surface area (Å²) in [6, 6.07) is 4.70. The van der Waals surface area contributed by atoms with E-state index < -0.39 is 0 Å². The number of hydrogen-bond acceptors (Lipinski definition) is 2. The van der Waals surface area contributed by atoms with E-state index in [0.29, 0.717) is 28.9 Å². The van der Waals surface area contributed by atoms with Crippen LogP contribution in [0.25, 0.3) is 0 Å². The lowest BCUT2D eigenvalue weighted by Crippen LogP contribution is -1.97. The summed E-state index contributed by atoms with van der Waals surface area (Å²) in [5.74, 6) is 0.0137. The Morgan fingerprint density at radius 2 is 2.23 bits per heavy atom. The summed E-state index contributed by atoms with van der Waals surface area (Å²) in [7, 11) is 0. The van der Waals surface area contributed by atoms with Gasteiger partial charge in [0.1, 0.15) is 0 Å². The van der Waals surface area contributed by atoms with Gasteiger partial charge in [-0.15, -0.1) is 0 Å². The third-order valence-electron chi connectivity index (χ3n) is 1.77. The fraction of sp³-hybridized carbons (Fsp3) is 0.200. The second kappa shape index (κ2) is 4.19. The Morgan fingerprint density at radius 1 is 1.54 bits per heavy atom. The number of ketones is 1. The highest BCUT2D eigenvalue weighted by atomic mass is 35.5. The Kier molecular flexibility index (Phi) is 3.20. The molecule has 0 spiro atoms. The smallest absolute Gasteiger partial charge is 0.162 e. The van der Waals surface area contributed by atoms with Crippen molar-refractivity contribution in [3.8, 4) is 0 Å². The van der Waals surface area contributed by atoms with Crippen LogP contribution in [0.5, 0.6) is 0 Å². The molecule has 1 rings (SSSR count). The predicted octanol–water partition coefficient (Wildman–Crippen LogP) is 2.75. The minimum Gasteiger partial charge on any atom is -0.298 e. The summed E-state index contributed by atoms with van der Waals surface area (Å²) in [6.45, 7) is 1.78. The highest BCUT2D eigenvalue weighted by Gasteiger charge is 2.05. The molecule has 0 bridgehead atoms. The molecule has 0 unspecified atom stereocenters. The van der Waals surface area contributed by atoms with Crippen LogP contribution in [0.15, 0.2) is 18.2 Å². The molecule has 68 valence electrons. The Labute approximate surface area is 81.5 Å². The second-order valence-electron chi connectivity index (χ2n) is 2.63. The molecule has 0 fully saturated rings. The quantitative estimate of drug-likeness (QED) is 0.550. The average Bonchev–Trinajstić information content (AvgIpc) is 2.17. The summed E-state index contributed by atoms with van der Waals surface area (Å²) in [4.78, 5) is 21.7. The van der Waals surface area contributed by atoms with Crippen molar-refractivity contribution in [3.63, 3.8) is 0 Å². The maximum Gasteiger partial charge on any atom is 0.162 e. The van der Waals surface area contributed by atoms with Crippen LogP contribution in [0.4, 0.5) is 0 Å². The number of hydrogen-bond donors (Lipinski definition) is 0. The van der Waals surface area contributed by atoms with E-state index >= 15 is 0 Å². The van der Waals surface area contributed by atoms with Gasteiger partial charge in [0.15, 0.2) is 12.1 Å². The SMILES string of the molecule is CCC(=O)c1ccc(Cl)c(C=O)c1. The van der Waals surface area contributed by atoms with Gasteiger partial charge in [-0.3, -0.25) is 9.59 Å². The zero-order valence-electron chi connectivity index (χ0n) is 7.21. The van der Waals surface area contributed by atoms with Gasteiger partial charge in [0.2, 0.25) is 0 Å². The van der Waals surface area contributed by atoms with Crippen molar-refractivity contribution in [1.29, 1.82) is 0 Å². The molecule has 0 aliphatic carbocycles. The first kappa shape index (κ1) is 9.93. The first-order valence-corrected chi connectivity index (χ1v) is 4.34. The number of carbonyl (C=O) groups is 2. The van der Waals surface area contributed by atoms with Gasteiger partial charge in [-0.25, -0.2) is 0 Å². The molecule has 0 saturated heterocycles. The number of benzene rings is 1. The fourth-order valence-corrected chi connectivity index (χ4v) is 1.17. The van der Waals surface area contributed by atoms with Gasteiger partial charge in [0.05, 0.1) is 5.02 Å². The highest BCUT2D eigenvalue weighted by molar-refractivity contribution is 6.33. The van der Waals surface area contributed by atoms with Gasteiger partial charge in [0, 0.05) is 17.5 Å². The van der Waals surface area contributed by atoms with Gasteiger partial charge in [-0.05, 0) is 18.2 Å². The van der Waals surface area contributed by atoms with E-state index in [4.69, 9.17) is 11.6 Å². The minimum atomic E-state index is 0.0137. The topological polar surface area (TPSA) is 34.1 Å². The van der Waals surface area contributed by atoms with Crippen LogP contribution in [0, 0.1) is 0 Å². The fourth-order valence-electron chi connectivity index (χ4n) is 1.01. The number of halogens is 1. The lowest BCUT2D eigenvalue weighted by atomic mass is 10.1. The molecular weight excluding hydrogens is 188 g/mol. The van der Waals surface area contributed by atoms with Gasteiger partial charge in [-0.2, -0.15) is 0 Å². The van der Waals surface area contributed by atoms with Crippen molar-refractivity contribution in [3.05, 3.63) is 34.3 Å². The van der Waals surface area contributed by atoms with Crippen molar-refractivity contribution in [2.75, 3.05) is 0 Å². The van der Waals surface area contributed by atoms with E-state index in [2.05, 4.69) is 0 Å². The van der Waals surface area contributed by atoms with E-state index in [-0.39, 0.29) is 5.78 Å². The zero-order chi connectivity index (χ0) is 9.84. The number of rotatable bonds is 3. The van der Waals surface area contributed by atoms with Crippen LogP contribution < -0.4 is 0 Å². The Morgan fingerprint density at radius 3 is 2.77 bits per heavy atom. The normalized spacial score (nSPS) is 9.69. The van der Waals surface area contributed by atoms with E-state index in [1.165, 1.54) is 6.07 Å². The van der Waals surface area contributed by atoms with Crippen molar-refractivity contribution < 1.29 is 9.59 Å². The van der Waals surface area contributed by atoms with Crippen LogP contribution in [-0.2, 0) is 0 Å². The van der Waals surface area contributed by atoms with E-state index in [1.54, 1.807) is 19.1 Å². The maximum absolute atomic E-state index is 11.2. The molecular formula is C10H9ClO2. The minimum absolute atomic E-state index is 0.0137. The van der Waals surface area contributed by atoms with Gasteiger partial charge in [0.25, 0.3) is 0 Å². The standard InChI is InChI=1S/C10H9ClO2/c1-2-10(13)7-3-4-9(11)8(5-7)6-12/h3-6H,2H2,1H3. The largest absolute Gasteiger partial charge is 0.298 e. The maximum atomic E-state index is 11.2. The molecule has 0 radical (unpaired) electrons. The first-order chi connectivity index (χ1) is 6.19. The molecule has 1 aromatic carbocycles. The van der Waals surface area contributed by atoms with E-state index in [0.717, 1.165) is 0 Å². The van der Waals surface area contributed by atoms with E-state index in [1.807, 2.05) is 0 Å². The Bertz CT molecular complexity index is 345. The third-order valence-corrected chi connectivity index (χ3v) is 2.11. The molecule has 3 heteroatoms. The van der Waals surface area contributed by atoms with Crippen LogP contribution >= 0.6 is 11.6 Å². The number of Topliss-reactive ketones (excluding diaryl/α,β-unsaturated/α-hetero) is 1. The van der Waals surface area contributed by atoms with Crippen molar-refractivity contribution in [1.82, 2.24) is 0 Å². The number of carbonyl (C=O) groups excluding carboxylic acids is 2. The summed E-state index contributed by atoms with van der Waals surface area (Å²) in [5, 5.41) is 0.377. The van der Waals surface area contributed by atoms with Crippen LogP contribution in [0.2, 0.25) is 5.02 Å². The van der Waals surface area contributed by atoms with Gasteiger partial charge in [-0.1, -0.05) is 18.5 Å². The van der Waals surface area contributed by atoms with Crippen molar-refractivity contribution >= 4 is 23.7 Å². The zero-order valence-corrected chi connectivity index (χ0v) is 7.97. The molecule has 0 saturated carbocycles. The third kappa shape index (κ3) is 2.16. The summed E-state index contributed by atoms with van der Waals surface area (Å²) < 4.78 is 0. The predicted molar refractivity (Wildman–Crippen MR) is 51.5 cm³/mol. The lowest BCUT2D eigenvalue weighted by Gasteiger charge is -2.00. The summed E-state index contributed by atoms with van der Waals surface area (Å²) in [5.41, 5.74) is 0.898. The molecule has 0 aliphatic rings. The first-order valence-electron chi connectivity index (χ1n) is 3.97. The molecule has 13 heavy (non-hydrogen) atoms. The average molecular weight is 197 g/mol. The molecule has 0 aliphatic heterocycles. The van der Waals surface area contributed by atoms with Gasteiger partial charge >= 0.3 is 0 Å². The molecule has 0 heterocycles. The molecule has 1 aromatic rings. The second-order valence-corrected chi connectivity index (χ2v) is 3.04. The molecule has 0 N–H and O–H groups in total.